The zero-order chi connectivity index (χ0) is 15.4. The van der Waals surface area contributed by atoms with E-state index in [9.17, 15) is 10.1 Å². The maximum atomic E-state index is 11.1. The lowest BCUT2D eigenvalue weighted by Crippen LogP contribution is -2.39. The van der Waals surface area contributed by atoms with Crippen molar-refractivity contribution in [1.82, 2.24) is 4.90 Å². The van der Waals surface area contributed by atoms with Gasteiger partial charge in [-0.1, -0.05) is 6.92 Å². The van der Waals surface area contributed by atoms with Gasteiger partial charge in [0.1, 0.15) is 0 Å². The number of anilines is 1. The molecular weight excluding hydrogens is 266 g/mol. The van der Waals surface area contributed by atoms with Gasteiger partial charge in [-0.05, 0) is 51.3 Å². The molecule has 0 atom stereocenters. The molecule has 0 radical (unpaired) electrons. The number of hydrogen-bond acceptors (Lipinski definition) is 4. The van der Waals surface area contributed by atoms with Gasteiger partial charge in [0.2, 0.25) is 0 Å². The van der Waals surface area contributed by atoms with Crippen molar-refractivity contribution in [3.63, 3.8) is 0 Å². The molecular formula is C16H25N3O2. The standard InChI is InChI=1S/C16H25N3O2/c1-4-7-18-8-5-14(6-9-18)17-15-11-16(19(20)21)13(3)10-12(15)2/h10-11,14,17H,4-9H2,1-3H3. The van der Waals surface area contributed by atoms with Crippen LogP contribution < -0.4 is 5.32 Å². The first-order valence-electron chi connectivity index (χ1n) is 7.75. The third-order valence-electron chi connectivity index (χ3n) is 4.23. The van der Waals surface area contributed by atoms with Crippen molar-refractivity contribution in [2.24, 2.45) is 0 Å². The largest absolute Gasteiger partial charge is 0.382 e. The molecule has 1 N–H and O–H groups in total. The SMILES string of the molecule is CCCN1CCC(Nc2cc([N+](=O)[O-])c(C)cc2C)CC1. The lowest BCUT2D eigenvalue weighted by molar-refractivity contribution is -0.385. The molecule has 0 spiro atoms. The Morgan fingerprint density at radius 1 is 1.29 bits per heavy atom. The van der Waals surface area contributed by atoms with Gasteiger partial charge >= 0.3 is 0 Å². The minimum absolute atomic E-state index is 0.200. The van der Waals surface area contributed by atoms with Crippen molar-refractivity contribution in [3.05, 3.63) is 33.4 Å². The summed E-state index contributed by atoms with van der Waals surface area (Å²) in [4.78, 5) is 13.3. The van der Waals surface area contributed by atoms with Crippen LogP contribution in [0.4, 0.5) is 11.4 Å². The van der Waals surface area contributed by atoms with E-state index in [2.05, 4.69) is 17.1 Å². The second kappa shape index (κ2) is 6.89. The van der Waals surface area contributed by atoms with E-state index in [0.717, 1.165) is 42.7 Å². The first-order chi connectivity index (χ1) is 10.0. The molecule has 116 valence electrons. The summed E-state index contributed by atoms with van der Waals surface area (Å²) < 4.78 is 0. The lowest BCUT2D eigenvalue weighted by atomic mass is 10.0. The summed E-state index contributed by atoms with van der Waals surface area (Å²) in [5.41, 5.74) is 2.91. The predicted octanol–water partition coefficient (Wildman–Crippen LogP) is 3.50. The third kappa shape index (κ3) is 3.94. The molecule has 0 aliphatic carbocycles. The third-order valence-corrected chi connectivity index (χ3v) is 4.23. The number of nitrogens with one attached hydrogen (secondary N) is 1. The summed E-state index contributed by atoms with van der Waals surface area (Å²) in [6.07, 6.45) is 3.39. The summed E-state index contributed by atoms with van der Waals surface area (Å²) in [7, 11) is 0. The van der Waals surface area contributed by atoms with E-state index in [1.54, 1.807) is 13.0 Å². The van der Waals surface area contributed by atoms with E-state index in [1.807, 2.05) is 13.0 Å². The molecule has 2 rings (SSSR count). The highest BCUT2D eigenvalue weighted by molar-refractivity contribution is 5.60. The van der Waals surface area contributed by atoms with Crippen LogP contribution in [0.5, 0.6) is 0 Å². The van der Waals surface area contributed by atoms with Gasteiger partial charge < -0.3 is 10.2 Å². The molecule has 1 aliphatic heterocycles. The average molecular weight is 291 g/mol. The van der Waals surface area contributed by atoms with E-state index >= 15 is 0 Å². The van der Waals surface area contributed by atoms with Crippen LogP contribution >= 0.6 is 0 Å². The van der Waals surface area contributed by atoms with Gasteiger partial charge in [0.25, 0.3) is 5.69 Å². The fraction of sp³-hybridized carbons (Fsp3) is 0.625. The Balaban J connectivity index is 2.03. The molecule has 0 amide bonds. The highest BCUT2D eigenvalue weighted by Gasteiger charge is 2.20. The molecule has 0 unspecified atom stereocenters. The van der Waals surface area contributed by atoms with Crippen LogP contribution in [0, 0.1) is 24.0 Å². The molecule has 5 nitrogen and oxygen atoms in total. The van der Waals surface area contributed by atoms with Crippen molar-refractivity contribution >= 4 is 11.4 Å². The van der Waals surface area contributed by atoms with Gasteiger partial charge in [-0.15, -0.1) is 0 Å². The van der Waals surface area contributed by atoms with Gasteiger partial charge in [0.05, 0.1) is 4.92 Å². The van der Waals surface area contributed by atoms with Crippen molar-refractivity contribution in [1.29, 1.82) is 0 Å². The second-order valence-electron chi connectivity index (χ2n) is 5.97. The smallest absolute Gasteiger partial charge is 0.274 e. The molecule has 1 heterocycles. The number of rotatable bonds is 5. The Labute approximate surface area is 126 Å². The van der Waals surface area contributed by atoms with Crippen LogP contribution in [-0.4, -0.2) is 35.5 Å². The molecule has 1 aliphatic rings. The van der Waals surface area contributed by atoms with Crippen molar-refractivity contribution in [2.75, 3.05) is 25.0 Å². The molecule has 0 saturated carbocycles. The molecule has 21 heavy (non-hydrogen) atoms. The number of nitrogens with zero attached hydrogens (tertiary/aromatic N) is 2. The number of hydrogen-bond donors (Lipinski definition) is 1. The van der Waals surface area contributed by atoms with E-state index in [-0.39, 0.29) is 10.6 Å². The highest BCUT2D eigenvalue weighted by Crippen LogP contribution is 2.28. The van der Waals surface area contributed by atoms with Gasteiger partial charge in [0.15, 0.2) is 0 Å². The zero-order valence-corrected chi connectivity index (χ0v) is 13.2. The zero-order valence-electron chi connectivity index (χ0n) is 13.2. The summed E-state index contributed by atoms with van der Waals surface area (Å²) in [5, 5.41) is 14.6. The van der Waals surface area contributed by atoms with Crippen molar-refractivity contribution in [2.45, 2.75) is 46.1 Å². The highest BCUT2D eigenvalue weighted by atomic mass is 16.6. The van der Waals surface area contributed by atoms with Crippen molar-refractivity contribution in [3.8, 4) is 0 Å². The van der Waals surface area contributed by atoms with Crippen molar-refractivity contribution < 1.29 is 4.92 Å². The van der Waals surface area contributed by atoms with Crippen LogP contribution in [0.3, 0.4) is 0 Å². The number of nitro groups is 1. The van der Waals surface area contributed by atoms with Gasteiger partial charge in [-0.25, -0.2) is 0 Å². The lowest BCUT2D eigenvalue weighted by Gasteiger charge is -2.32. The maximum absolute atomic E-state index is 11.1. The van der Waals surface area contributed by atoms with E-state index in [0.29, 0.717) is 6.04 Å². The molecule has 1 aromatic rings. The predicted molar refractivity (Wildman–Crippen MR) is 85.9 cm³/mol. The first-order valence-corrected chi connectivity index (χ1v) is 7.75. The average Bonchev–Trinajstić information content (AvgIpc) is 2.43. The quantitative estimate of drug-likeness (QED) is 0.666. The summed E-state index contributed by atoms with van der Waals surface area (Å²) in [6.45, 7) is 9.39. The Hall–Kier alpha value is -1.62. The minimum atomic E-state index is -0.302. The Morgan fingerprint density at radius 2 is 1.95 bits per heavy atom. The van der Waals surface area contributed by atoms with Crippen LogP contribution in [0.25, 0.3) is 0 Å². The van der Waals surface area contributed by atoms with Crippen LogP contribution in [0.2, 0.25) is 0 Å². The molecule has 5 heteroatoms. The van der Waals surface area contributed by atoms with Gasteiger partial charge in [-0.3, -0.25) is 10.1 Å². The Morgan fingerprint density at radius 3 is 2.52 bits per heavy atom. The second-order valence-corrected chi connectivity index (χ2v) is 5.97. The topological polar surface area (TPSA) is 58.4 Å². The van der Waals surface area contributed by atoms with Crippen LogP contribution in [0.15, 0.2) is 12.1 Å². The fourth-order valence-corrected chi connectivity index (χ4v) is 3.03. The summed E-state index contributed by atoms with van der Waals surface area (Å²) in [6, 6.07) is 3.99. The Bertz CT molecular complexity index is 508. The number of aryl methyl sites for hydroxylation is 2. The Kier molecular flexibility index (Phi) is 5.17. The first kappa shape index (κ1) is 15.8. The minimum Gasteiger partial charge on any atom is -0.382 e. The summed E-state index contributed by atoms with van der Waals surface area (Å²) in [5.74, 6) is 0. The monoisotopic (exact) mass is 291 g/mol. The fourth-order valence-electron chi connectivity index (χ4n) is 3.03. The molecule has 0 aromatic heterocycles. The number of nitro benzene ring substituents is 1. The van der Waals surface area contributed by atoms with E-state index in [1.165, 1.54) is 13.0 Å². The van der Waals surface area contributed by atoms with E-state index in [4.69, 9.17) is 0 Å². The number of benzene rings is 1. The molecule has 1 fully saturated rings. The van der Waals surface area contributed by atoms with Crippen LogP contribution in [0.1, 0.15) is 37.3 Å². The molecule has 0 bridgehead atoms. The number of likely N-dealkylation sites (tertiary alicyclic amines) is 1. The van der Waals surface area contributed by atoms with E-state index < -0.39 is 0 Å². The molecule has 1 saturated heterocycles. The maximum Gasteiger partial charge on any atom is 0.274 e. The number of piperidine rings is 1. The normalized spacial score (nSPS) is 16.9. The summed E-state index contributed by atoms with van der Waals surface area (Å²) >= 11 is 0. The molecule has 1 aromatic carbocycles. The van der Waals surface area contributed by atoms with Gasteiger partial charge in [-0.2, -0.15) is 0 Å². The van der Waals surface area contributed by atoms with Gasteiger partial charge in [0, 0.05) is 36.4 Å². The van der Waals surface area contributed by atoms with Crippen LogP contribution in [-0.2, 0) is 0 Å².